The van der Waals surface area contributed by atoms with E-state index >= 15 is 0 Å². The van der Waals surface area contributed by atoms with Gasteiger partial charge in [-0.3, -0.25) is 9.59 Å². The van der Waals surface area contributed by atoms with Crippen molar-refractivity contribution in [3.63, 3.8) is 0 Å². The highest BCUT2D eigenvalue weighted by atomic mass is 32.1. The first kappa shape index (κ1) is 22.5. The fraction of sp³-hybridized carbons (Fsp3) is 0.148. The number of thiophene rings is 4. The predicted octanol–water partition coefficient (Wildman–Crippen LogP) is 9.15. The Morgan fingerprint density at radius 3 is 2.31 bits per heavy atom. The number of hydrogen-bond acceptors (Lipinski definition) is 9. The summed E-state index contributed by atoms with van der Waals surface area (Å²) >= 11 is 7.84. The van der Waals surface area contributed by atoms with Gasteiger partial charge < -0.3 is 4.42 Å². The number of hydrogen-bond donors (Lipinski definition) is 0. The van der Waals surface area contributed by atoms with Crippen molar-refractivity contribution in [2.24, 2.45) is 0 Å². The molecule has 0 unspecified atom stereocenters. The molecule has 0 aliphatic heterocycles. The average molecular weight is 564 g/mol. The van der Waals surface area contributed by atoms with E-state index in [0.717, 1.165) is 56.6 Å². The summed E-state index contributed by atoms with van der Waals surface area (Å²) in [6.07, 6.45) is 0. The Bertz CT molecular complexity index is 1880. The van der Waals surface area contributed by atoms with Gasteiger partial charge in [0.25, 0.3) is 0 Å². The molecule has 7 rings (SSSR count). The molecule has 0 spiro atoms. The molecule has 0 N–H and O–H groups in total. The van der Waals surface area contributed by atoms with Gasteiger partial charge in [-0.25, -0.2) is 4.98 Å². The first-order valence-electron chi connectivity index (χ1n) is 11.2. The van der Waals surface area contributed by atoms with E-state index in [1.807, 2.05) is 13.8 Å². The predicted molar refractivity (Wildman–Crippen MR) is 152 cm³/mol. The van der Waals surface area contributed by atoms with Gasteiger partial charge in [-0.05, 0) is 63.6 Å². The molecule has 4 nitrogen and oxygen atoms in total. The molecule has 6 heterocycles. The second-order valence-electron chi connectivity index (χ2n) is 8.76. The minimum atomic E-state index is -0.128. The summed E-state index contributed by atoms with van der Waals surface area (Å²) in [5, 5.41) is 1.65. The number of carbonyl (C=O) groups excluding carboxylic acids is 2. The largest absolute Gasteiger partial charge is 0.454 e. The van der Waals surface area contributed by atoms with Crippen LogP contribution in [0.15, 0.2) is 34.7 Å². The Labute approximate surface area is 226 Å². The van der Waals surface area contributed by atoms with Crippen molar-refractivity contribution in [3.8, 4) is 31.0 Å². The van der Waals surface area contributed by atoms with Gasteiger partial charge in [-0.15, -0.1) is 56.7 Å². The number of rotatable bonds is 3. The molecule has 0 fully saturated rings. The summed E-state index contributed by atoms with van der Waals surface area (Å²) in [6.45, 7) is 8.04. The Morgan fingerprint density at radius 1 is 0.750 bits per heavy atom. The molecule has 6 aromatic rings. The van der Waals surface area contributed by atoms with E-state index in [1.165, 1.54) is 27.6 Å². The first-order chi connectivity index (χ1) is 17.3. The van der Waals surface area contributed by atoms with Crippen LogP contribution in [-0.4, -0.2) is 16.6 Å². The Kier molecular flexibility index (Phi) is 4.94. The van der Waals surface area contributed by atoms with Crippen LogP contribution in [0.5, 0.6) is 0 Å². The molecule has 0 saturated heterocycles. The first-order valence-corrected chi connectivity index (χ1v) is 15.3. The van der Waals surface area contributed by atoms with Gasteiger partial charge in [0.05, 0.1) is 34.8 Å². The minimum Gasteiger partial charge on any atom is -0.454 e. The van der Waals surface area contributed by atoms with Crippen LogP contribution in [0.4, 0.5) is 0 Å². The van der Waals surface area contributed by atoms with E-state index < -0.39 is 0 Å². The summed E-state index contributed by atoms with van der Waals surface area (Å²) < 4.78 is 7.31. The summed E-state index contributed by atoms with van der Waals surface area (Å²) in [5.74, 6) is 1.58. The smallest absolute Gasteiger partial charge is 0.216 e. The third-order valence-corrected chi connectivity index (χ3v) is 12.0. The van der Waals surface area contributed by atoms with Gasteiger partial charge in [0.2, 0.25) is 11.6 Å². The number of thiazole rings is 1. The molecule has 0 bridgehead atoms. The van der Waals surface area contributed by atoms with Gasteiger partial charge in [0.1, 0.15) is 22.1 Å². The topological polar surface area (TPSA) is 60.2 Å². The van der Waals surface area contributed by atoms with Crippen LogP contribution in [0.25, 0.3) is 41.1 Å². The number of ketones is 2. The monoisotopic (exact) mass is 563 g/mol. The SMILES string of the molecule is Cc1ccc(-c2cc(C)c(-c3ccc(-c4sc(C)c5c6c(sc45)C(=O)c4sc(C)nc4C6=O)s3)o2)s1. The number of furan rings is 1. The van der Waals surface area contributed by atoms with Gasteiger partial charge in [0.15, 0.2) is 0 Å². The van der Waals surface area contributed by atoms with E-state index in [0.29, 0.717) is 21.0 Å². The maximum Gasteiger partial charge on any atom is 0.216 e. The zero-order chi connectivity index (χ0) is 24.9. The Hall–Kier alpha value is -2.69. The molecular formula is C27H17NO3S5. The van der Waals surface area contributed by atoms with E-state index in [4.69, 9.17) is 4.42 Å². The molecule has 6 aromatic heterocycles. The number of aryl methyl sites for hydroxylation is 4. The Balaban J connectivity index is 1.33. The van der Waals surface area contributed by atoms with E-state index in [-0.39, 0.29) is 11.6 Å². The second-order valence-corrected chi connectivity index (χ2v) is 14.6. The molecule has 1 aliphatic carbocycles. The van der Waals surface area contributed by atoms with Gasteiger partial charge in [-0.2, -0.15) is 0 Å². The van der Waals surface area contributed by atoms with Crippen LogP contribution < -0.4 is 0 Å². The van der Waals surface area contributed by atoms with E-state index in [9.17, 15) is 9.59 Å². The average Bonchev–Trinajstić information content (AvgIpc) is 3.65. The lowest BCUT2D eigenvalue weighted by molar-refractivity contribution is 0.0983. The van der Waals surface area contributed by atoms with Crippen LogP contribution in [-0.2, 0) is 0 Å². The summed E-state index contributed by atoms with van der Waals surface area (Å²) in [4.78, 5) is 38.8. The van der Waals surface area contributed by atoms with Gasteiger partial charge >= 0.3 is 0 Å². The van der Waals surface area contributed by atoms with Gasteiger partial charge in [0, 0.05) is 20.0 Å². The molecular weight excluding hydrogens is 547 g/mol. The van der Waals surface area contributed by atoms with Crippen molar-refractivity contribution >= 4 is 78.3 Å². The summed E-state index contributed by atoms with van der Waals surface area (Å²) in [6, 6.07) is 10.5. The van der Waals surface area contributed by atoms with Crippen molar-refractivity contribution in [1.29, 1.82) is 0 Å². The van der Waals surface area contributed by atoms with Crippen molar-refractivity contribution in [3.05, 3.63) is 71.7 Å². The standard InChI is InChI=1S/C27H17NO3S5/c1-10-9-14(15-6-5-11(2)32-15)31-23(10)16-7-8-17(35-16)24-26-18(12(3)33-24)19-21(29)20-27(34-13(4)28-20)22(30)25(19)36-26/h5-9H,1-4H3. The maximum absolute atomic E-state index is 13.4. The van der Waals surface area contributed by atoms with Crippen LogP contribution >= 0.6 is 56.7 Å². The number of nitrogens with zero attached hydrogens (tertiary/aromatic N) is 1. The van der Waals surface area contributed by atoms with Crippen molar-refractivity contribution in [2.45, 2.75) is 27.7 Å². The van der Waals surface area contributed by atoms with E-state index in [2.05, 4.69) is 49.2 Å². The molecule has 36 heavy (non-hydrogen) atoms. The second kappa shape index (κ2) is 7.90. The number of carbonyl (C=O) groups is 2. The summed E-state index contributed by atoms with van der Waals surface area (Å²) in [7, 11) is 0. The van der Waals surface area contributed by atoms with Crippen LogP contribution in [0.2, 0.25) is 0 Å². The molecule has 178 valence electrons. The fourth-order valence-electron chi connectivity index (χ4n) is 4.67. The van der Waals surface area contributed by atoms with Crippen LogP contribution in [0, 0.1) is 27.7 Å². The van der Waals surface area contributed by atoms with Crippen molar-refractivity contribution in [2.75, 3.05) is 0 Å². The quantitative estimate of drug-likeness (QED) is 0.215. The van der Waals surface area contributed by atoms with Gasteiger partial charge in [-0.1, -0.05) is 0 Å². The fourth-order valence-corrected chi connectivity index (χ4v) is 10.3. The number of aromatic nitrogens is 1. The van der Waals surface area contributed by atoms with E-state index in [1.54, 1.807) is 34.0 Å². The third kappa shape index (κ3) is 3.17. The third-order valence-electron chi connectivity index (χ3n) is 6.26. The molecule has 9 heteroatoms. The Morgan fingerprint density at radius 2 is 1.53 bits per heavy atom. The molecule has 0 radical (unpaired) electrons. The minimum absolute atomic E-state index is 0.0730. The van der Waals surface area contributed by atoms with Crippen LogP contribution in [0.1, 0.15) is 50.9 Å². The lowest BCUT2D eigenvalue weighted by atomic mass is 9.96. The normalized spacial score (nSPS) is 13.1. The van der Waals surface area contributed by atoms with Crippen molar-refractivity contribution in [1.82, 2.24) is 4.98 Å². The zero-order valence-electron chi connectivity index (χ0n) is 19.6. The lowest BCUT2D eigenvalue weighted by Crippen LogP contribution is -2.17. The number of fused-ring (bicyclic) bond motifs is 4. The molecule has 0 atom stereocenters. The molecule has 0 amide bonds. The summed E-state index contributed by atoms with van der Waals surface area (Å²) in [5.41, 5.74) is 1.95. The molecule has 0 saturated carbocycles. The maximum atomic E-state index is 13.4. The molecule has 0 aromatic carbocycles. The highest BCUT2D eigenvalue weighted by molar-refractivity contribution is 7.31. The molecule has 1 aliphatic rings. The lowest BCUT2D eigenvalue weighted by Gasteiger charge is -2.08. The zero-order valence-corrected chi connectivity index (χ0v) is 23.7. The highest BCUT2D eigenvalue weighted by Crippen LogP contribution is 2.51. The van der Waals surface area contributed by atoms with Crippen LogP contribution in [0.3, 0.4) is 0 Å². The van der Waals surface area contributed by atoms with Crippen molar-refractivity contribution < 1.29 is 14.0 Å². The highest BCUT2D eigenvalue weighted by Gasteiger charge is 2.38.